The number of hydrogen-bond donors (Lipinski definition) is 4. The van der Waals surface area contributed by atoms with Crippen LogP contribution in [0, 0.1) is 0 Å². The van der Waals surface area contributed by atoms with E-state index in [1.54, 1.807) is 6.07 Å². The molecule has 0 saturated carbocycles. The molecule has 0 aliphatic carbocycles. The van der Waals surface area contributed by atoms with Crippen LogP contribution >= 0.6 is 0 Å². The Morgan fingerprint density at radius 2 is 1.80 bits per heavy atom. The molecule has 0 unspecified atom stereocenters. The first kappa shape index (κ1) is 16.7. The molecule has 0 atom stereocenters. The van der Waals surface area contributed by atoms with Crippen molar-refractivity contribution in [3.05, 3.63) is 18.2 Å². The van der Waals surface area contributed by atoms with Crippen LogP contribution in [0.15, 0.2) is 23.1 Å². The summed E-state index contributed by atoms with van der Waals surface area (Å²) in [4.78, 5) is 0.0133. The Labute approximate surface area is 118 Å². The summed E-state index contributed by atoms with van der Waals surface area (Å²) in [5.74, 6) is 0. The third kappa shape index (κ3) is 4.96. The Hall–Kier alpha value is -1.36. The van der Waals surface area contributed by atoms with Gasteiger partial charge in [-0.1, -0.05) is 0 Å². The third-order valence-electron chi connectivity index (χ3n) is 2.37. The Balaban J connectivity index is 2.86. The number of benzene rings is 1. The van der Waals surface area contributed by atoms with E-state index in [1.165, 1.54) is 19.2 Å². The van der Waals surface area contributed by atoms with Gasteiger partial charge in [-0.05, 0) is 25.2 Å². The Morgan fingerprint density at radius 1 is 1.15 bits per heavy atom. The van der Waals surface area contributed by atoms with Crippen molar-refractivity contribution in [1.82, 2.24) is 9.44 Å². The average Bonchev–Trinajstić information content (AvgIpc) is 2.34. The van der Waals surface area contributed by atoms with Gasteiger partial charge in [-0.15, -0.1) is 0 Å². The molecule has 0 aliphatic heterocycles. The molecule has 0 aliphatic rings. The predicted molar refractivity (Wildman–Crippen MR) is 78.4 cm³/mol. The fourth-order valence-electron chi connectivity index (χ4n) is 1.45. The Kier molecular flexibility index (Phi) is 5.34. The lowest BCUT2D eigenvalue weighted by Gasteiger charge is -2.13. The molecule has 0 heterocycles. The molecule has 0 saturated heterocycles. The molecule has 1 aromatic carbocycles. The minimum atomic E-state index is -3.65. The van der Waals surface area contributed by atoms with Crippen LogP contribution in [0.4, 0.5) is 11.4 Å². The molecule has 1 aromatic rings. The minimum Gasteiger partial charge on any atom is -0.399 e. The summed E-state index contributed by atoms with van der Waals surface area (Å²) in [6.07, 6.45) is 1.05. The van der Waals surface area contributed by atoms with Crippen LogP contribution in [0.1, 0.15) is 0 Å². The summed E-state index contributed by atoms with van der Waals surface area (Å²) < 4.78 is 50.0. The van der Waals surface area contributed by atoms with Gasteiger partial charge in [0.1, 0.15) is 4.90 Å². The van der Waals surface area contributed by atoms with Gasteiger partial charge < -0.3 is 11.1 Å². The van der Waals surface area contributed by atoms with Crippen molar-refractivity contribution in [2.24, 2.45) is 0 Å². The van der Waals surface area contributed by atoms with Crippen LogP contribution in [0.3, 0.4) is 0 Å². The van der Waals surface area contributed by atoms with Gasteiger partial charge in [0.25, 0.3) is 0 Å². The second-order valence-electron chi connectivity index (χ2n) is 4.06. The number of hydrogen-bond acceptors (Lipinski definition) is 6. The number of anilines is 2. The number of nitrogens with two attached hydrogens (primary N) is 1. The van der Waals surface area contributed by atoms with E-state index in [0.29, 0.717) is 11.4 Å². The number of rotatable bonds is 7. The van der Waals surface area contributed by atoms with Crippen molar-refractivity contribution >= 4 is 31.4 Å². The molecule has 20 heavy (non-hydrogen) atoms. The van der Waals surface area contributed by atoms with E-state index in [-0.39, 0.29) is 18.0 Å². The van der Waals surface area contributed by atoms with Crippen LogP contribution in [-0.4, -0.2) is 43.2 Å². The van der Waals surface area contributed by atoms with Crippen molar-refractivity contribution < 1.29 is 16.8 Å². The topological polar surface area (TPSA) is 130 Å². The van der Waals surface area contributed by atoms with E-state index in [0.717, 1.165) is 6.26 Å². The van der Waals surface area contributed by atoms with E-state index in [9.17, 15) is 16.8 Å². The molecule has 0 bridgehead atoms. The molecule has 0 radical (unpaired) electrons. The number of sulfonamides is 2. The molecule has 8 nitrogen and oxygen atoms in total. The number of nitrogens with one attached hydrogen (secondary N) is 3. The van der Waals surface area contributed by atoms with E-state index >= 15 is 0 Å². The summed E-state index contributed by atoms with van der Waals surface area (Å²) in [6, 6.07) is 4.42. The quantitative estimate of drug-likeness (QED) is 0.382. The molecule has 0 spiro atoms. The van der Waals surface area contributed by atoms with E-state index < -0.39 is 20.0 Å². The highest BCUT2D eigenvalue weighted by atomic mass is 32.2. The van der Waals surface area contributed by atoms with E-state index in [2.05, 4.69) is 14.8 Å². The molecule has 10 heteroatoms. The number of nitrogen functional groups attached to an aromatic ring is 1. The van der Waals surface area contributed by atoms with Crippen LogP contribution in [0.25, 0.3) is 0 Å². The maximum Gasteiger partial charge on any atom is 0.242 e. The second kappa shape index (κ2) is 6.39. The van der Waals surface area contributed by atoms with Crippen LogP contribution < -0.4 is 20.5 Å². The van der Waals surface area contributed by atoms with Crippen LogP contribution in [-0.2, 0) is 20.0 Å². The van der Waals surface area contributed by atoms with Gasteiger partial charge in [0.15, 0.2) is 0 Å². The van der Waals surface area contributed by atoms with Crippen LogP contribution in [0.5, 0.6) is 0 Å². The van der Waals surface area contributed by atoms with E-state index in [4.69, 9.17) is 5.73 Å². The maximum absolute atomic E-state index is 11.8. The second-order valence-corrected chi connectivity index (χ2v) is 7.74. The monoisotopic (exact) mass is 322 g/mol. The van der Waals surface area contributed by atoms with Crippen molar-refractivity contribution in [2.45, 2.75) is 4.90 Å². The molecule has 0 fully saturated rings. The molecule has 0 aromatic heterocycles. The highest BCUT2D eigenvalue weighted by Crippen LogP contribution is 2.23. The first-order valence-corrected chi connectivity index (χ1v) is 9.05. The zero-order chi connectivity index (χ0) is 15.4. The van der Waals surface area contributed by atoms with Crippen LogP contribution in [0.2, 0.25) is 0 Å². The molecule has 0 amide bonds. The SMILES string of the molecule is CNS(=O)(=O)c1cc(N)ccc1NCCNS(C)(=O)=O. The summed E-state index contributed by atoms with van der Waals surface area (Å²) in [6.45, 7) is 0.380. The lowest BCUT2D eigenvalue weighted by molar-refractivity contribution is 0.586. The minimum absolute atomic E-state index is 0.0133. The van der Waals surface area contributed by atoms with Gasteiger partial charge in [-0.25, -0.2) is 26.3 Å². The molecule has 5 N–H and O–H groups in total. The van der Waals surface area contributed by atoms with Gasteiger partial charge in [-0.2, -0.15) is 0 Å². The largest absolute Gasteiger partial charge is 0.399 e. The molecule has 1 rings (SSSR count). The fraction of sp³-hybridized carbons (Fsp3) is 0.400. The zero-order valence-corrected chi connectivity index (χ0v) is 12.8. The van der Waals surface area contributed by atoms with E-state index in [1.807, 2.05) is 0 Å². The van der Waals surface area contributed by atoms with Crippen molar-refractivity contribution in [3.63, 3.8) is 0 Å². The summed E-state index contributed by atoms with van der Waals surface area (Å²) >= 11 is 0. The van der Waals surface area contributed by atoms with Gasteiger partial charge in [0.05, 0.1) is 11.9 Å². The predicted octanol–water partition coefficient (Wildman–Crippen LogP) is -0.862. The van der Waals surface area contributed by atoms with Crippen molar-refractivity contribution in [1.29, 1.82) is 0 Å². The normalized spacial score (nSPS) is 12.3. The lowest BCUT2D eigenvalue weighted by atomic mass is 10.3. The van der Waals surface area contributed by atoms with Gasteiger partial charge in [0.2, 0.25) is 20.0 Å². The van der Waals surface area contributed by atoms with Gasteiger partial charge in [-0.3, -0.25) is 0 Å². The Bertz CT molecular complexity index is 670. The summed E-state index contributed by atoms with van der Waals surface area (Å²) in [5, 5.41) is 2.85. The molecule has 114 valence electrons. The lowest BCUT2D eigenvalue weighted by Crippen LogP contribution is -2.28. The highest BCUT2D eigenvalue weighted by Gasteiger charge is 2.16. The van der Waals surface area contributed by atoms with Crippen molar-refractivity contribution in [3.8, 4) is 0 Å². The summed E-state index contributed by atoms with van der Waals surface area (Å²) in [5.41, 5.74) is 6.25. The van der Waals surface area contributed by atoms with Gasteiger partial charge in [0, 0.05) is 18.8 Å². The zero-order valence-electron chi connectivity index (χ0n) is 11.2. The molecular weight excluding hydrogens is 304 g/mol. The smallest absolute Gasteiger partial charge is 0.242 e. The standard InChI is InChI=1S/C10H18N4O4S2/c1-12-20(17,18)10-7-8(11)3-4-9(10)13-5-6-14-19(2,15)16/h3-4,7,12-14H,5-6,11H2,1-2H3. The maximum atomic E-state index is 11.8. The molecular formula is C10H18N4O4S2. The summed E-state index contributed by atoms with van der Waals surface area (Å²) in [7, 11) is -5.62. The first-order chi connectivity index (χ1) is 9.15. The fourth-order valence-corrected chi connectivity index (χ4v) is 2.86. The average molecular weight is 322 g/mol. The van der Waals surface area contributed by atoms with Crippen molar-refractivity contribution in [2.75, 3.05) is 37.4 Å². The Morgan fingerprint density at radius 3 is 2.35 bits per heavy atom. The third-order valence-corrected chi connectivity index (χ3v) is 4.55. The first-order valence-electron chi connectivity index (χ1n) is 5.67. The highest BCUT2D eigenvalue weighted by molar-refractivity contribution is 7.89. The van der Waals surface area contributed by atoms with Gasteiger partial charge >= 0.3 is 0 Å².